The van der Waals surface area contributed by atoms with Crippen LogP contribution in [0.3, 0.4) is 0 Å². The molecule has 1 saturated heterocycles. The van der Waals surface area contributed by atoms with Gasteiger partial charge in [0.25, 0.3) is 5.95 Å². The maximum absolute atomic E-state index is 5.64. The van der Waals surface area contributed by atoms with E-state index in [0.717, 1.165) is 13.0 Å². The lowest BCUT2D eigenvalue weighted by Crippen LogP contribution is -2.22. The van der Waals surface area contributed by atoms with E-state index in [4.69, 9.17) is 10.5 Å². The zero-order valence-electron chi connectivity index (χ0n) is 9.52. The SMILES string of the molecule is Nc1nc(NC2CCOC2)nc(-n2cncn2)n1. The van der Waals surface area contributed by atoms with E-state index >= 15 is 0 Å². The summed E-state index contributed by atoms with van der Waals surface area (Å²) in [5, 5.41) is 7.10. The second kappa shape index (κ2) is 4.53. The summed E-state index contributed by atoms with van der Waals surface area (Å²) in [6, 6.07) is 0.204. The zero-order chi connectivity index (χ0) is 12.4. The Morgan fingerprint density at radius 3 is 3.06 bits per heavy atom. The summed E-state index contributed by atoms with van der Waals surface area (Å²) in [4.78, 5) is 16.1. The average molecular weight is 248 g/mol. The van der Waals surface area contributed by atoms with Crippen LogP contribution in [0, 0.1) is 0 Å². The van der Waals surface area contributed by atoms with Gasteiger partial charge in [-0.3, -0.25) is 0 Å². The van der Waals surface area contributed by atoms with Gasteiger partial charge in [0.15, 0.2) is 0 Å². The van der Waals surface area contributed by atoms with Crippen LogP contribution in [-0.2, 0) is 4.74 Å². The van der Waals surface area contributed by atoms with Crippen molar-refractivity contribution in [2.75, 3.05) is 24.3 Å². The van der Waals surface area contributed by atoms with Crippen molar-refractivity contribution < 1.29 is 4.74 Å². The number of anilines is 2. The number of aromatic nitrogens is 6. The minimum absolute atomic E-state index is 0.136. The molecular weight excluding hydrogens is 236 g/mol. The largest absolute Gasteiger partial charge is 0.379 e. The molecule has 1 atom stereocenters. The summed E-state index contributed by atoms with van der Waals surface area (Å²) in [6.45, 7) is 1.39. The molecule has 1 unspecified atom stereocenters. The van der Waals surface area contributed by atoms with Crippen LogP contribution in [0.25, 0.3) is 5.95 Å². The Balaban J connectivity index is 1.86. The smallest absolute Gasteiger partial charge is 0.258 e. The molecule has 9 heteroatoms. The first-order valence-electron chi connectivity index (χ1n) is 5.52. The van der Waals surface area contributed by atoms with Crippen molar-refractivity contribution in [1.82, 2.24) is 29.7 Å². The number of nitrogens with two attached hydrogens (primary N) is 1. The van der Waals surface area contributed by atoms with Crippen LogP contribution >= 0.6 is 0 Å². The van der Waals surface area contributed by atoms with E-state index in [1.807, 2.05) is 0 Å². The van der Waals surface area contributed by atoms with Crippen molar-refractivity contribution in [3.8, 4) is 5.95 Å². The fourth-order valence-electron chi connectivity index (χ4n) is 1.69. The Bertz CT molecular complexity index is 521. The minimum Gasteiger partial charge on any atom is -0.379 e. The third-order valence-electron chi connectivity index (χ3n) is 2.53. The van der Waals surface area contributed by atoms with E-state index < -0.39 is 0 Å². The number of hydrogen-bond acceptors (Lipinski definition) is 8. The summed E-state index contributed by atoms with van der Waals surface area (Å²) in [6.07, 6.45) is 3.82. The lowest BCUT2D eigenvalue weighted by molar-refractivity contribution is 0.195. The first-order valence-corrected chi connectivity index (χ1v) is 5.52. The third kappa shape index (κ3) is 2.20. The quantitative estimate of drug-likeness (QED) is 0.727. The topological polar surface area (TPSA) is 117 Å². The fraction of sp³-hybridized carbons (Fsp3) is 0.444. The van der Waals surface area contributed by atoms with Gasteiger partial charge in [-0.15, -0.1) is 0 Å². The maximum Gasteiger partial charge on any atom is 0.258 e. The molecule has 9 nitrogen and oxygen atoms in total. The number of nitrogens with one attached hydrogen (secondary N) is 1. The monoisotopic (exact) mass is 248 g/mol. The molecule has 2 aromatic heterocycles. The third-order valence-corrected chi connectivity index (χ3v) is 2.53. The summed E-state index contributed by atoms with van der Waals surface area (Å²) in [5.41, 5.74) is 5.64. The Labute approximate surface area is 102 Å². The molecule has 3 rings (SSSR count). The number of hydrogen-bond donors (Lipinski definition) is 2. The molecule has 94 valence electrons. The summed E-state index contributed by atoms with van der Waals surface area (Å²) >= 11 is 0. The number of rotatable bonds is 3. The van der Waals surface area contributed by atoms with Crippen LogP contribution in [0.2, 0.25) is 0 Å². The van der Waals surface area contributed by atoms with Crippen LogP contribution < -0.4 is 11.1 Å². The normalized spacial score (nSPS) is 19.0. The highest BCUT2D eigenvalue weighted by atomic mass is 16.5. The minimum atomic E-state index is 0.136. The molecule has 3 heterocycles. The highest BCUT2D eigenvalue weighted by Gasteiger charge is 2.17. The molecule has 0 saturated carbocycles. The molecular formula is C9H12N8O. The zero-order valence-corrected chi connectivity index (χ0v) is 9.52. The van der Waals surface area contributed by atoms with Crippen molar-refractivity contribution in [3.05, 3.63) is 12.7 Å². The molecule has 0 amide bonds. The van der Waals surface area contributed by atoms with Crippen LogP contribution in [0.15, 0.2) is 12.7 Å². The Morgan fingerprint density at radius 2 is 2.33 bits per heavy atom. The second-order valence-corrected chi connectivity index (χ2v) is 3.86. The number of nitrogen functional groups attached to an aromatic ring is 1. The molecule has 0 spiro atoms. The summed E-state index contributed by atoms with van der Waals surface area (Å²) in [5.74, 6) is 0.891. The van der Waals surface area contributed by atoms with Gasteiger partial charge in [-0.05, 0) is 6.42 Å². The van der Waals surface area contributed by atoms with E-state index in [0.29, 0.717) is 18.5 Å². The highest BCUT2D eigenvalue weighted by molar-refractivity contribution is 5.35. The standard InChI is InChI=1S/C9H12N8O/c10-7-14-8(13-6-1-2-18-3-6)16-9(15-7)17-5-11-4-12-17/h4-6H,1-3H2,(H3,10,13,14,15,16). The van der Waals surface area contributed by atoms with E-state index in [1.54, 1.807) is 0 Å². The molecule has 0 radical (unpaired) electrons. The molecule has 2 aromatic rings. The van der Waals surface area contributed by atoms with Crippen LogP contribution in [0.5, 0.6) is 0 Å². The van der Waals surface area contributed by atoms with Crippen molar-refractivity contribution in [3.63, 3.8) is 0 Å². The summed E-state index contributed by atoms with van der Waals surface area (Å²) in [7, 11) is 0. The molecule has 0 aromatic carbocycles. The maximum atomic E-state index is 5.64. The molecule has 1 aliphatic heterocycles. The van der Waals surface area contributed by atoms with Gasteiger partial charge in [0, 0.05) is 6.61 Å². The molecule has 0 aliphatic carbocycles. The van der Waals surface area contributed by atoms with Crippen LogP contribution in [-0.4, -0.2) is 49.0 Å². The first-order chi connectivity index (χ1) is 8.81. The number of ether oxygens (including phenoxy) is 1. The predicted molar refractivity (Wildman–Crippen MR) is 62.0 cm³/mol. The van der Waals surface area contributed by atoms with Gasteiger partial charge < -0.3 is 15.8 Å². The fourth-order valence-corrected chi connectivity index (χ4v) is 1.69. The van der Waals surface area contributed by atoms with Crippen molar-refractivity contribution in [2.24, 2.45) is 0 Å². The van der Waals surface area contributed by atoms with Crippen LogP contribution in [0.1, 0.15) is 6.42 Å². The lowest BCUT2D eigenvalue weighted by atomic mass is 10.3. The summed E-state index contributed by atoms with van der Waals surface area (Å²) < 4.78 is 6.69. The molecule has 0 bridgehead atoms. The van der Waals surface area contributed by atoms with E-state index in [2.05, 4.69) is 30.4 Å². The predicted octanol–water partition coefficient (Wildman–Crippen LogP) is -0.765. The molecule has 3 N–H and O–H groups in total. The molecule has 1 fully saturated rings. The number of nitrogens with zero attached hydrogens (tertiary/aromatic N) is 6. The van der Waals surface area contributed by atoms with Crippen molar-refractivity contribution >= 4 is 11.9 Å². The van der Waals surface area contributed by atoms with Gasteiger partial charge in [-0.2, -0.15) is 24.7 Å². The van der Waals surface area contributed by atoms with Crippen LogP contribution in [0.4, 0.5) is 11.9 Å². The van der Waals surface area contributed by atoms with Crippen molar-refractivity contribution in [2.45, 2.75) is 12.5 Å². The van der Waals surface area contributed by atoms with Gasteiger partial charge >= 0.3 is 0 Å². The average Bonchev–Trinajstić information content (AvgIpc) is 3.00. The first kappa shape index (κ1) is 10.8. The lowest BCUT2D eigenvalue weighted by Gasteiger charge is -2.11. The van der Waals surface area contributed by atoms with Crippen molar-refractivity contribution in [1.29, 1.82) is 0 Å². The van der Waals surface area contributed by atoms with Gasteiger partial charge in [0.05, 0.1) is 12.6 Å². The highest BCUT2D eigenvalue weighted by Crippen LogP contribution is 2.11. The van der Waals surface area contributed by atoms with Gasteiger partial charge in [0.1, 0.15) is 12.7 Å². The van der Waals surface area contributed by atoms with E-state index in [-0.39, 0.29) is 12.0 Å². The Hall–Kier alpha value is -2.29. The Kier molecular flexibility index (Phi) is 2.73. The van der Waals surface area contributed by atoms with E-state index in [1.165, 1.54) is 17.3 Å². The second-order valence-electron chi connectivity index (χ2n) is 3.86. The van der Waals surface area contributed by atoms with Gasteiger partial charge in [-0.25, -0.2) is 4.98 Å². The Morgan fingerprint density at radius 1 is 1.39 bits per heavy atom. The van der Waals surface area contributed by atoms with Gasteiger partial charge in [0.2, 0.25) is 11.9 Å². The molecule has 18 heavy (non-hydrogen) atoms. The van der Waals surface area contributed by atoms with Gasteiger partial charge in [-0.1, -0.05) is 0 Å². The van der Waals surface area contributed by atoms with E-state index in [9.17, 15) is 0 Å². The molecule has 1 aliphatic rings.